The third kappa shape index (κ3) is 7.24. The second kappa shape index (κ2) is 10.7. The van der Waals surface area contributed by atoms with Gasteiger partial charge in [0.25, 0.3) is 0 Å². The number of halogens is 1. The predicted molar refractivity (Wildman–Crippen MR) is 114 cm³/mol. The van der Waals surface area contributed by atoms with Crippen LogP contribution in [-0.4, -0.2) is 63.4 Å². The Bertz CT molecular complexity index is 653. The van der Waals surface area contributed by atoms with E-state index in [9.17, 15) is 15.0 Å². The monoisotopic (exact) mass is 426 g/mol. The van der Waals surface area contributed by atoms with Gasteiger partial charge in [-0.15, -0.1) is 0 Å². The highest BCUT2D eigenvalue weighted by molar-refractivity contribution is 6.40. The third-order valence-electron chi connectivity index (χ3n) is 5.92. The van der Waals surface area contributed by atoms with E-state index < -0.39 is 24.2 Å². The van der Waals surface area contributed by atoms with E-state index in [1.54, 1.807) is 12.1 Å². The Morgan fingerprint density at radius 1 is 1.14 bits per heavy atom. The van der Waals surface area contributed by atoms with Crippen LogP contribution < -0.4 is 5.73 Å². The molecule has 1 atom stereocenters. The molecule has 1 heterocycles. The quantitative estimate of drug-likeness (QED) is 0.270. The lowest BCUT2D eigenvalue weighted by Crippen LogP contribution is -2.49. The number of aliphatic hydroxyl groups is 1. The van der Waals surface area contributed by atoms with Crippen LogP contribution in [-0.2, 0) is 10.4 Å². The molecule has 1 unspecified atom stereocenters. The summed E-state index contributed by atoms with van der Waals surface area (Å²) in [5.74, 6) is -1.02. The Morgan fingerprint density at radius 3 is 2.28 bits per heavy atom. The van der Waals surface area contributed by atoms with Crippen LogP contribution in [0.3, 0.4) is 0 Å². The molecule has 0 bridgehead atoms. The number of rotatable bonds is 11. The topological polar surface area (TPSA) is 127 Å². The summed E-state index contributed by atoms with van der Waals surface area (Å²) in [4.78, 5) is 13.8. The molecule has 7 nitrogen and oxygen atoms in total. The molecule has 0 radical (unpaired) electrons. The number of piperidine rings is 1. The first-order chi connectivity index (χ1) is 13.6. The van der Waals surface area contributed by atoms with E-state index in [1.807, 2.05) is 12.1 Å². The van der Waals surface area contributed by atoms with Gasteiger partial charge in [-0.3, -0.25) is 4.79 Å². The Hall–Kier alpha value is -1.16. The summed E-state index contributed by atoms with van der Waals surface area (Å²) in [6.45, 7) is 2.20. The van der Waals surface area contributed by atoms with Crippen molar-refractivity contribution in [2.24, 2.45) is 5.73 Å². The lowest BCUT2D eigenvalue weighted by atomic mass is 9.81. The van der Waals surface area contributed by atoms with E-state index in [0.29, 0.717) is 50.0 Å². The second-order valence-electron chi connectivity index (χ2n) is 8.17. The average Bonchev–Trinajstić information content (AvgIpc) is 2.67. The summed E-state index contributed by atoms with van der Waals surface area (Å²) >= 11 is 5.93. The molecule has 0 amide bonds. The van der Waals surface area contributed by atoms with Crippen LogP contribution in [0.1, 0.15) is 50.5 Å². The van der Waals surface area contributed by atoms with Gasteiger partial charge in [0.1, 0.15) is 5.54 Å². The fraction of sp³-hybridized carbons (Fsp3) is 0.650. The summed E-state index contributed by atoms with van der Waals surface area (Å²) in [7, 11) is -1.36. The van der Waals surface area contributed by atoms with E-state index >= 15 is 0 Å². The predicted octanol–water partition coefficient (Wildman–Crippen LogP) is 1.83. The first-order valence-corrected chi connectivity index (χ1v) is 10.6. The van der Waals surface area contributed by atoms with E-state index in [-0.39, 0.29) is 6.32 Å². The van der Waals surface area contributed by atoms with Crippen molar-refractivity contribution in [1.82, 2.24) is 4.90 Å². The van der Waals surface area contributed by atoms with Crippen LogP contribution >= 0.6 is 11.6 Å². The Morgan fingerprint density at radius 2 is 1.72 bits per heavy atom. The van der Waals surface area contributed by atoms with Crippen molar-refractivity contribution in [2.45, 2.75) is 62.4 Å². The number of aliphatic carboxylic acids is 1. The largest absolute Gasteiger partial charge is 0.480 e. The normalized spacial score (nSPS) is 18.9. The summed E-state index contributed by atoms with van der Waals surface area (Å²) in [6.07, 6.45) is 3.85. The molecule has 9 heteroatoms. The van der Waals surface area contributed by atoms with E-state index in [0.717, 1.165) is 25.2 Å². The molecule has 29 heavy (non-hydrogen) atoms. The van der Waals surface area contributed by atoms with Crippen LogP contribution in [0.5, 0.6) is 0 Å². The van der Waals surface area contributed by atoms with E-state index in [4.69, 9.17) is 27.4 Å². The standard InChI is InChI=1S/C20H32BClN2O5/c22-17-6-4-16(5-7-17)20(27)10-14-24(15-11-20)13-3-9-19(23,18(25)26)8-1-2-12-21(28)29/h4-7,27-29H,1-3,8-15,23H2,(H,25,26). The summed E-state index contributed by atoms with van der Waals surface area (Å²) in [5, 5.41) is 38.8. The Kier molecular flexibility index (Phi) is 8.94. The van der Waals surface area contributed by atoms with Crippen LogP contribution in [0.2, 0.25) is 11.3 Å². The minimum atomic E-state index is -1.36. The maximum Gasteiger partial charge on any atom is 0.451 e. The number of carbonyl (C=O) groups is 1. The smallest absolute Gasteiger partial charge is 0.451 e. The number of hydrogen-bond donors (Lipinski definition) is 5. The van der Waals surface area contributed by atoms with E-state index in [2.05, 4.69) is 4.90 Å². The molecule has 0 aliphatic carbocycles. The van der Waals surface area contributed by atoms with Crippen LogP contribution in [0.4, 0.5) is 0 Å². The van der Waals surface area contributed by atoms with Crippen LogP contribution in [0.15, 0.2) is 24.3 Å². The lowest BCUT2D eigenvalue weighted by Gasteiger charge is -2.39. The molecule has 1 aromatic rings. The third-order valence-corrected chi connectivity index (χ3v) is 6.18. The minimum absolute atomic E-state index is 0.222. The van der Waals surface area contributed by atoms with E-state index in [1.165, 1.54) is 0 Å². The molecule has 0 saturated carbocycles. The summed E-state index contributed by atoms with van der Waals surface area (Å²) in [5.41, 5.74) is 4.85. The zero-order valence-electron chi connectivity index (χ0n) is 16.8. The van der Waals surface area contributed by atoms with Crippen molar-refractivity contribution in [3.05, 3.63) is 34.9 Å². The highest BCUT2D eigenvalue weighted by Crippen LogP contribution is 2.33. The average molecular weight is 427 g/mol. The number of nitrogens with two attached hydrogens (primary N) is 1. The van der Waals surface area contributed by atoms with Gasteiger partial charge in [0.15, 0.2) is 0 Å². The molecule has 0 aromatic heterocycles. The van der Waals surface area contributed by atoms with Gasteiger partial charge in [0.2, 0.25) is 0 Å². The molecule has 0 spiro atoms. The number of likely N-dealkylation sites (tertiary alicyclic amines) is 1. The SMILES string of the molecule is NC(CCCCB(O)O)(CCCN1CCC(O)(c2ccc(Cl)cc2)CC1)C(=O)O. The molecule has 6 N–H and O–H groups in total. The number of carboxylic acids is 1. The lowest BCUT2D eigenvalue weighted by molar-refractivity contribution is -0.144. The molecule has 162 valence electrons. The number of carboxylic acid groups (broad SMARTS) is 1. The Labute approximate surface area is 177 Å². The molecular formula is C20H32BClN2O5. The molecule has 1 aliphatic heterocycles. The number of hydrogen-bond acceptors (Lipinski definition) is 6. The van der Waals surface area contributed by atoms with Gasteiger partial charge in [-0.2, -0.15) is 0 Å². The maximum absolute atomic E-state index is 11.6. The van der Waals surface area contributed by atoms with Crippen molar-refractivity contribution in [3.63, 3.8) is 0 Å². The van der Waals surface area contributed by atoms with Gasteiger partial charge in [0, 0.05) is 18.1 Å². The zero-order chi connectivity index (χ0) is 21.5. The van der Waals surface area contributed by atoms with Gasteiger partial charge in [-0.25, -0.2) is 0 Å². The van der Waals surface area contributed by atoms with Crippen LogP contribution in [0, 0.1) is 0 Å². The van der Waals surface area contributed by atoms with Gasteiger partial charge in [0.05, 0.1) is 5.60 Å². The van der Waals surface area contributed by atoms with Crippen molar-refractivity contribution >= 4 is 24.7 Å². The zero-order valence-corrected chi connectivity index (χ0v) is 17.5. The molecular weight excluding hydrogens is 394 g/mol. The van der Waals surface area contributed by atoms with Crippen molar-refractivity contribution in [3.8, 4) is 0 Å². The van der Waals surface area contributed by atoms with Crippen LogP contribution in [0.25, 0.3) is 0 Å². The molecule has 2 rings (SSSR count). The van der Waals surface area contributed by atoms with Crippen molar-refractivity contribution < 1.29 is 25.1 Å². The first kappa shape index (κ1) is 24.1. The molecule has 1 fully saturated rings. The highest BCUT2D eigenvalue weighted by Gasteiger charge is 2.35. The molecule has 1 saturated heterocycles. The summed E-state index contributed by atoms with van der Waals surface area (Å²) in [6, 6.07) is 7.30. The van der Waals surface area contributed by atoms with Gasteiger partial charge < -0.3 is 30.9 Å². The fourth-order valence-corrected chi connectivity index (χ4v) is 4.05. The minimum Gasteiger partial charge on any atom is -0.480 e. The molecule has 1 aromatic carbocycles. The number of benzene rings is 1. The summed E-state index contributed by atoms with van der Waals surface area (Å²) < 4.78 is 0. The number of unbranched alkanes of at least 4 members (excludes halogenated alkanes) is 1. The molecule has 1 aliphatic rings. The fourth-order valence-electron chi connectivity index (χ4n) is 3.92. The first-order valence-electron chi connectivity index (χ1n) is 10.2. The second-order valence-corrected chi connectivity index (χ2v) is 8.61. The highest BCUT2D eigenvalue weighted by atomic mass is 35.5. The maximum atomic E-state index is 11.6. The number of nitrogens with zero attached hydrogens (tertiary/aromatic N) is 1. The Balaban J connectivity index is 1.77. The van der Waals surface area contributed by atoms with Crippen molar-refractivity contribution in [1.29, 1.82) is 0 Å². The van der Waals surface area contributed by atoms with Crippen molar-refractivity contribution in [2.75, 3.05) is 19.6 Å². The van der Waals surface area contributed by atoms with Gasteiger partial charge in [-0.1, -0.05) is 36.6 Å². The van der Waals surface area contributed by atoms with Gasteiger partial charge in [-0.05, 0) is 62.7 Å². The van der Waals surface area contributed by atoms with Gasteiger partial charge >= 0.3 is 13.1 Å².